The predicted octanol–water partition coefficient (Wildman–Crippen LogP) is 2.02. The van der Waals surface area contributed by atoms with Gasteiger partial charge in [-0.1, -0.05) is 0 Å². The average Bonchev–Trinajstić information content (AvgIpc) is 2.36. The van der Waals surface area contributed by atoms with Gasteiger partial charge in [-0.05, 0) is 36.6 Å². The van der Waals surface area contributed by atoms with E-state index in [4.69, 9.17) is 4.74 Å². The van der Waals surface area contributed by atoms with Gasteiger partial charge in [-0.3, -0.25) is 4.79 Å². The first kappa shape index (κ1) is 11.9. The first-order valence-electron chi connectivity index (χ1n) is 5.95. The van der Waals surface area contributed by atoms with E-state index in [2.05, 4.69) is 10.6 Å². The van der Waals surface area contributed by atoms with Crippen LogP contribution in [0.15, 0.2) is 18.2 Å². The summed E-state index contributed by atoms with van der Waals surface area (Å²) in [5, 5.41) is 6.22. The van der Waals surface area contributed by atoms with Gasteiger partial charge in [0.25, 0.3) is 0 Å². The number of anilines is 2. The number of hydrogen-bond donors (Lipinski definition) is 2. The van der Waals surface area contributed by atoms with Crippen molar-refractivity contribution in [1.29, 1.82) is 0 Å². The van der Waals surface area contributed by atoms with E-state index < -0.39 is 0 Å². The molecule has 1 amide bonds. The topological polar surface area (TPSA) is 50.4 Å². The molecule has 0 saturated heterocycles. The van der Waals surface area contributed by atoms with E-state index in [1.807, 2.05) is 18.2 Å². The van der Waals surface area contributed by atoms with Crippen LogP contribution in [0.2, 0.25) is 0 Å². The van der Waals surface area contributed by atoms with Crippen molar-refractivity contribution in [2.24, 2.45) is 0 Å². The number of methoxy groups -OCH3 is 1. The van der Waals surface area contributed by atoms with E-state index in [0.29, 0.717) is 13.0 Å². The van der Waals surface area contributed by atoms with Crippen LogP contribution in [0.4, 0.5) is 11.4 Å². The van der Waals surface area contributed by atoms with Gasteiger partial charge in [-0.25, -0.2) is 0 Å². The normalized spacial score (nSPS) is 13.7. The summed E-state index contributed by atoms with van der Waals surface area (Å²) >= 11 is 0. The number of benzene rings is 1. The van der Waals surface area contributed by atoms with E-state index in [1.165, 1.54) is 11.3 Å². The molecule has 0 unspecified atom stereocenters. The van der Waals surface area contributed by atoms with Crippen LogP contribution in [0, 0.1) is 0 Å². The molecule has 2 N–H and O–H groups in total. The first-order valence-corrected chi connectivity index (χ1v) is 5.95. The molecule has 1 aliphatic heterocycles. The van der Waals surface area contributed by atoms with Crippen LogP contribution in [-0.4, -0.2) is 26.2 Å². The zero-order chi connectivity index (χ0) is 12.1. The van der Waals surface area contributed by atoms with Crippen LogP contribution in [0.25, 0.3) is 0 Å². The van der Waals surface area contributed by atoms with Crippen LogP contribution in [-0.2, 0) is 16.0 Å². The second-order valence-corrected chi connectivity index (χ2v) is 4.19. The second kappa shape index (κ2) is 5.68. The summed E-state index contributed by atoms with van der Waals surface area (Å²) in [5.41, 5.74) is 3.33. The van der Waals surface area contributed by atoms with Gasteiger partial charge < -0.3 is 15.4 Å². The first-order chi connectivity index (χ1) is 8.29. The minimum Gasteiger partial charge on any atom is -0.385 e. The Balaban J connectivity index is 1.99. The molecular weight excluding hydrogens is 216 g/mol. The summed E-state index contributed by atoms with van der Waals surface area (Å²) in [7, 11) is 1.60. The molecule has 1 aromatic carbocycles. The molecule has 0 aromatic heterocycles. The minimum absolute atomic E-state index is 0.00410. The van der Waals surface area contributed by atoms with Crippen molar-refractivity contribution in [3.05, 3.63) is 23.8 Å². The largest absolute Gasteiger partial charge is 0.385 e. The van der Waals surface area contributed by atoms with Gasteiger partial charge in [0, 0.05) is 25.0 Å². The fourth-order valence-electron chi connectivity index (χ4n) is 1.97. The number of aryl methyl sites for hydroxylation is 1. The highest BCUT2D eigenvalue weighted by Gasteiger charge is 2.09. The number of carbonyl (C=O) groups is 1. The molecule has 1 aromatic rings. The lowest BCUT2D eigenvalue weighted by molar-refractivity contribution is -0.117. The zero-order valence-corrected chi connectivity index (χ0v) is 10.1. The van der Waals surface area contributed by atoms with Crippen molar-refractivity contribution in [3.63, 3.8) is 0 Å². The molecule has 0 spiro atoms. The summed E-state index contributed by atoms with van der Waals surface area (Å²) in [4.78, 5) is 11.5. The van der Waals surface area contributed by atoms with Gasteiger partial charge in [-0.15, -0.1) is 0 Å². The SMILES string of the molecule is COCCC(=O)Nc1ccc2c(c1)CCCN2. The number of nitrogens with one attached hydrogen (secondary N) is 2. The lowest BCUT2D eigenvalue weighted by Gasteiger charge is -2.18. The van der Waals surface area contributed by atoms with Gasteiger partial charge in [0.05, 0.1) is 13.0 Å². The van der Waals surface area contributed by atoms with Crippen LogP contribution in [0.5, 0.6) is 0 Å². The van der Waals surface area contributed by atoms with Gasteiger partial charge in [0.2, 0.25) is 5.91 Å². The van der Waals surface area contributed by atoms with E-state index >= 15 is 0 Å². The van der Waals surface area contributed by atoms with E-state index in [1.54, 1.807) is 7.11 Å². The molecule has 2 rings (SSSR count). The molecule has 17 heavy (non-hydrogen) atoms. The number of rotatable bonds is 4. The molecule has 0 aliphatic carbocycles. The summed E-state index contributed by atoms with van der Waals surface area (Å²) in [6.07, 6.45) is 2.62. The second-order valence-electron chi connectivity index (χ2n) is 4.19. The maximum Gasteiger partial charge on any atom is 0.226 e. The Labute approximate surface area is 101 Å². The van der Waals surface area contributed by atoms with E-state index in [0.717, 1.165) is 25.1 Å². The van der Waals surface area contributed by atoms with E-state index in [-0.39, 0.29) is 5.91 Å². The molecule has 0 bridgehead atoms. The third-order valence-electron chi connectivity index (χ3n) is 2.86. The number of hydrogen-bond acceptors (Lipinski definition) is 3. The van der Waals surface area contributed by atoms with Crippen molar-refractivity contribution in [3.8, 4) is 0 Å². The standard InChI is InChI=1S/C13H18N2O2/c1-17-8-6-13(16)15-11-4-5-12-10(9-11)3-2-7-14-12/h4-5,9,14H,2-3,6-8H2,1H3,(H,15,16). The molecule has 0 radical (unpaired) electrons. The third-order valence-corrected chi connectivity index (χ3v) is 2.86. The maximum absolute atomic E-state index is 11.5. The van der Waals surface area contributed by atoms with Gasteiger partial charge in [0.15, 0.2) is 0 Å². The molecule has 0 atom stereocenters. The Bertz CT molecular complexity index is 404. The molecule has 0 fully saturated rings. The number of fused-ring (bicyclic) bond motifs is 1. The van der Waals surface area contributed by atoms with Gasteiger partial charge in [0.1, 0.15) is 0 Å². The number of amides is 1. The van der Waals surface area contributed by atoms with Crippen molar-refractivity contribution in [2.45, 2.75) is 19.3 Å². The van der Waals surface area contributed by atoms with Crippen LogP contribution < -0.4 is 10.6 Å². The zero-order valence-electron chi connectivity index (χ0n) is 10.1. The van der Waals surface area contributed by atoms with Crippen LogP contribution in [0.3, 0.4) is 0 Å². The summed E-state index contributed by atoms with van der Waals surface area (Å²) in [5.74, 6) is -0.00410. The van der Waals surface area contributed by atoms with Crippen LogP contribution in [0.1, 0.15) is 18.4 Å². The molecule has 4 heteroatoms. The quantitative estimate of drug-likeness (QED) is 0.838. The van der Waals surface area contributed by atoms with Crippen molar-refractivity contribution in [1.82, 2.24) is 0 Å². The summed E-state index contributed by atoms with van der Waals surface area (Å²) in [6.45, 7) is 1.49. The van der Waals surface area contributed by atoms with E-state index in [9.17, 15) is 4.79 Å². The highest BCUT2D eigenvalue weighted by atomic mass is 16.5. The van der Waals surface area contributed by atoms with Crippen LogP contribution >= 0.6 is 0 Å². The lowest BCUT2D eigenvalue weighted by atomic mass is 10.0. The highest BCUT2D eigenvalue weighted by Crippen LogP contribution is 2.25. The van der Waals surface area contributed by atoms with Crippen molar-refractivity contribution in [2.75, 3.05) is 30.9 Å². The summed E-state index contributed by atoms with van der Waals surface area (Å²) in [6, 6.07) is 6.01. The fraction of sp³-hybridized carbons (Fsp3) is 0.462. The molecular formula is C13H18N2O2. The van der Waals surface area contributed by atoms with Gasteiger partial charge >= 0.3 is 0 Å². The number of carbonyl (C=O) groups excluding carboxylic acids is 1. The summed E-state index contributed by atoms with van der Waals surface area (Å²) < 4.78 is 4.87. The molecule has 0 saturated carbocycles. The average molecular weight is 234 g/mol. The molecule has 92 valence electrons. The third kappa shape index (κ3) is 3.20. The predicted molar refractivity (Wildman–Crippen MR) is 68.4 cm³/mol. The Morgan fingerprint density at radius 1 is 1.53 bits per heavy atom. The molecule has 4 nitrogen and oxygen atoms in total. The Hall–Kier alpha value is -1.55. The van der Waals surface area contributed by atoms with Gasteiger partial charge in [-0.2, -0.15) is 0 Å². The highest BCUT2D eigenvalue weighted by molar-refractivity contribution is 5.91. The number of ether oxygens (including phenoxy) is 1. The minimum atomic E-state index is -0.00410. The Kier molecular flexibility index (Phi) is 3.98. The van der Waals surface area contributed by atoms with Crippen molar-refractivity contribution >= 4 is 17.3 Å². The monoisotopic (exact) mass is 234 g/mol. The van der Waals surface area contributed by atoms with Crippen molar-refractivity contribution < 1.29 is 9.53 Å². The smallest absolute Gasteiger partial charge is 0.226 e. The molecule has 1 aliphatic rings. The fourth-order valence-corrected chi connectivity index (χ4v) is 1.97. The lowest BCUT2D eigenvalue weighted by Crippen LogP contribution is -2.15. The maximum atomic E-state index is 11.5. The Morgan fingerprint density at radius 2 is 2.41 bits per heavy atom. The Morgan fingerprint density at radius 3 is 3.24 bits per heavy atom. The molecule has 1 heterocycles.